The Morgan fingerprint density at radius 3 is 2.14 bits per heavy atom. The van der Waals surface area contributed by atoms with Gasteiger partial charge >= 0.3 is 5.97 Å². The number of nitrogens with one attached hydrogen (secondary N) is 2. The molecule has 1 amide bonds. The van der Waals surface area contributed by atoms with Crippen molar-refractivity contribution < 1.29 is 22.7 Å². The molecule has 0 heterocycles. The van der Waals surface area contributed by atoms with Gasteiger partial charge in [0.15, 0.2) is 0 Å². The highest BCUT2D eigenvalue weighted by atomic mass is 35.5. The Kier molecular flexibility index (Phi) is 7.97. The van der Waals surface area contributed by atoms with Crippen molar-refractivity contribution in [1.29, 1.82) is 0 Å². The van der Waals surface area contributed by atoms with E-state index in [0.29, 0.717) is 27.6 Å². The van der Waals surface area contributed by atoms with E-state index in [1.165, 1.54) is 42.6 Å². The van der Waals surface area contributed by atoms with Crippen LogP contribution in [0.2, 0.25) is 5.02 Å². The fraction of sp³-hybridized carbons (Fsp3) is 0. The minimum atomic E-state index is -3.72. The van der Waals surface area contributed by atoms with E-state index in [0.717, 1.165) is 0 Å². The molecule has 4 rings (SSSR count). The number of anilines is 1. The summed E-state index contributed by atoms with van der Waals surface area (Å²) in [7, 11) is -3.72. The third-order valence-electron chi connectivity index (χ3n) is 5.02. The predicted molar refractivity (Wildman–Crippen MR) is 142 cm³/mol. The molecule has 0 fully saturated rings. The number of esters is 1. The van der Waals surface area contributed by atoms with Gasteiger partial charge in [-0.05, 0) is 78.4 Å². The van der Waals surface area contributed by atoms with Crippen LogP contribution in [-0.2, 0) is 10.0 Å². The summed E-state index contributed by atoms with van der Waals surface area (Å²) in [6.07, 6.45) is 1.43. The van der Waals surface area contributed by atoms with Crippen molar-refractivity contribution in [3.05, 3.63) is 125 Å². The molecule has 8 nitrogen and oxygen atoms in total. The fourth-order valence-electron chi connectivity index (χ4n) is 3.14. The van der Waals surface area contributed by atoms with E-state index < -0.39 is 21.9 Å². The van der Waals surface area contributed by atoms with Crippen LogP contribution in [0.4, 0.5) is 5.69 Å². The molecule has 0 aromatic heterocycles. The largest absolute Gasteiger partial charge is 0.423 e. The van der Waals surface area contributed by atoms with Crippen LogP contribution in [0, 0.1) is 0 Å². The molecule has 0 radical (unpaired) electrons. The lowest BCUT2D eigenvalue weighted by Gasteiger charge is -2.08. The highest BCUT2D eigenvalue weighted by Gasteiger charge is 2.14. The van der Waals surface area contributed by atoms with Crippen LogP contribution in [0.25, 0.3) is 0 Å². The number of nitrogens with zero attached hydrogens (tertiary/aromatic N) is 1. The minimum absolute atomic E-state index is 0.137. The maximum atomic E-state index is 12.4. The Hall–Kier alpha value is -4.47. The number of sulfonamides is 1. The van der Waals surface area contributed by atoms with E-state index in [1.807, 2.05) is 0 Å². The molecule has 0 unspecified atom stereocenters. The molecule has 0 aliphatic carbocycles. The van der Waals surface area contributed by atoms with Gasteiger partial charge in [0.2, 0.25) is 0 Å². The van der Waals surface area contributed by atoms with Crippen LogP contribution < -0.4 is 14.9 Å². The number of carbonyl (C=O) groups is 2. The summed E-state index contributed by atoms with van der Waals surface area (Å²) in [5.74, 6) is -0.716. The molecule has 0 aliphatic rings. The van der Waals surface area contributed by atoms with Crippen molar-refractivity contribution in [2.24, 2.45) is 5.10 Å². The van der Waals surface area contributed by atoms with Gasteiger partial charge < -0.3 is 4.74 Å². The van der Waals surface area contributed by atoms with E-state index in [-0.39, 0.29) is 10.5 Å². The summed E-state index contributed by atoms with van der Waals surface area (Å²) in [4.78, 5) is 24.7. The van der Waals surface area contributed by atoms with E-state index in [9.17, 15) is 18.0 Å². The van der Waals surface area contributed by atoms with Gasteiger partial charge in [0, 0.05) is 11.3 Å². The standard InChI is InChI=1S/C27H20ClN3O5S/c28-25-9-5-4-8-24(25)27(33)36-22-16-10-19(11-17-22)18-29-30-26(32)20-12-14-21(15-13-20)31-37(34,35)23-6-2-1-3-7-23/h1-18,31H,(H,30,32). The number of hydrogen-bond acceptors (Lipinski definition) is 6. The van der Waals surface area contributed by atoms with Gasteiger partial charge in [0.25, 0.3) is 15.9 Å². The van der Waals surface area contributed by atoms with E-state index in [1.54, 1.807) is 66.7 Å². The van der Waals surface area contributed by atoms with Crippen LogP contribution in [0.5, 0.6) is 5.75 Å². The SMILES string of the molecule is O=C(NN=Cc1ccc(OC(=O)c2ccccc2Cl)cc1)c1ccc(NS(=O)(=O)c2ccccc2)cc1. The number of carbonyl (C=O) groups excluding carboxylic acids is 2. The Morgan fingerprint density at radius 2 is 1.46 bits per heavy atom. The zero-order chi connectivity index (χ0) is 26.3. The second-order valence-electron chi connectivity index (χ2n) is 7.63. The summed E-state index contributed by atoms with van der Waals surface area (Å²) >= 11 is 6.01. The number of halogens is 1. The number of hydrazone groups is 1. The van der Waals surface area contributed by atoms with Crippen LogP contribution in [0.3, 0.4) is 0 Å². The molecule has 10 heteroatoms. The van der Waals surface area contributed by atoms with Gasteiger partial charge in [-0.2, -0.15) is 5.10 Å². The average Bonchev–Trinajstić information content (AvgIpc) is 2.90. The molecule has 186 valence electrons. The molecule has 2 N–H and O–H groups in total. The summed E-state index contributed by atoms with van der Waals surface area (Å²) in [5.41, 5.74) is 3.94. The van der Waals surface area contributed by atoms with Crippen LogP contribution >= 0.6 is 11.6 Å². The monoisotopic (exact) mass is 533 g/mol. The highest BCUT2D eigenvalue weighted by molar-refractivity contribution is 7.92. The third kappa shape index (κ3) is 6.81. The van der Waals surface area contributed by atoms with Crippen molar-refractivity contribution >= 4 is 45.4 Å². The molecule has 0 atom stereocenters. The zero-order valence-electron chi connectivity index (χ0n) is 19.2. The van der Waals surface area contributed by atoms with Gasteiger partial charge in [0.05, 0.1) is 21.7 Å². The molecule has 0 bridgehead atoms. The Morgan fingerprint density at radius 1 is 0.811 bits per heavy atom. The Balaban J connectivity index is 1.31. The molecule has 0 aliphatic heterocycles. The summed E-state index contributed by atoms with van der Waals surface area (Å²) < 4.78 is 32.6. The second-order valence-corrected chi connectivity index (χ2v) is 9.72. The summed E-state index contributed by atoms with van der Waals surface area (Å²) in [6.45, 7) is 0. The number of ether oxygens (including phenoxy) is 1. The Labute approximate surface area is 218 Å². The fourth-order valence-corrected chi connectivity index (χ4v) is 4.44. The van der Waals surface area contributed by atoms with Gasteiger partial charge in [0.1, 0.15) is 5.75 Å². The normalized spacial score (nSPS) is 11.2. The van der Waals surface area contributed by atoms with Crippen LogP contribution in [-0.4, -0.2) is 26.5 Å². The van der Waals surface area contributed by atoms with Crippen molar-refractivity contribution in [2.75, 3.05) is 4.72 Å². The number of hydrogen-bond donors (Lipinski definition) is 2. The summed E-state index contributed by atoms with van der Waals surface area (Å²) in [5, 5.41) is 4.23. The first-order valence-electron chi connectivity index (χ1n) is 10.9. The van der Waals surface area contributed by atoms with Crippen molar-refractivity contribution in [1.82, 2.24) is 5.43 Å². The number of benzene rings is 4. The first-order chi connectivity index (χ1) is 17.8. The van der Waals surface area contributed by atoms with Gasteiger partial charge in [-0.1, -0.05) is 41.9 Å². The van der Waals surface area contributed by atoms with Gasteiger partial charge in [-0.25, -0.2) is 18.6 Å². The molecule has 0 spiro atoms. The lowest BCUT2D eigenvalue weighted by molar-refractivity contribution is 0.0734. The quantitative estimate of drug-likeness (QED) is 0.141. The van der Waals surface area contributed by atoms with Gasteiger partial charge in [-0.15, -0.1) is 0 Å². The Bertz CT molecular complexity index is 1540. The second kappa shape index (κ2) is 11.5. The molecule has 0 saturated heterocycles. The lowest BCUT2D eigenvalue weighted by atomic mass is 10.2. The molecule has 4 aromatic carbocycles. The summed E-state index contributed by atoms with van der Waals surface area (Å²) in [6, 6.07) is 27.0. The van der Waals surface area contributed by atoms with Crippen molar-refractivity contribution in [2.45, 2.75) is 4.90 Å². The topological polar surface area (TPSA) is 114 Å². The van der Waals surface area contributed by atoms with Crippen LogP contribution in [0.1, 0.15) is 26.3 Å². The average molecular weight is 534 g/mol. The van der Waals surface area contributed by atoms with E-state index in [4.69, 9.17) is 16.3 Å². The zero-order valence-corrected chi connectivity index (χ0v) is 20.7. The predicted octanol–water partition coefficient (Wildman–Crippen LogP) is 5.12. The van der Waals surface area contributed by atoms with Crippen LogP contribution in [0.15, 0.2) is 113 Å². The lowest BCUT2D eigenvalue weighted by Crippen LogP contribution is -2.18. The smallest absolute Gasteiger partial charge is 0.345 e. The molecule has 0 saturated carbocycles. The maximum Gasteiger partial charge on any atom is 0.345 e. The molecule has 4 aromatic rings. The van der Waals surface area contributed by atoms with Gasteiger partial charge in [-0.3, -0.25) is 9.52 Å². The first-order valence-corrected chi connectivity index (χ1v) is 12.8. The van der Waals surface area contributed by atoms with Crippen molar-refractivity contribution in [3.63, 3.8) is 0 Å². The highest BCUT2D eigenvalue weighted by Crippen LogP contribution is 2.19. The molecular formula is C27H20ClN3O5S. The number of rotatable bonds is 8. The number of amides is 1. The molecular weight excluding hydrogens is 514 g/mol. The minimum Gasteiger partial charge on any atom is -0.423 e. The third-order valence-corrected chi connectivity index (χ3v) is 6.74. The maximum absolute atomic E-state index is 12.4. The molecule has 37 heavy (non-hydrogen) atoms. The van der Waals surface area contributed by atoms with Crippen molar-refractivity contribution in [3.8, 4) is 5.75 Å². The van der Waals surface area contributed by atoms with E-state index >= 15 is 0 Å². The van der Waals surface area contributed by atoms with E-state index in [2.05, 4.69) is 15.2 Å². The first kappa shape index (κ1) is 25.6.